The van der Waals surface area contributed by atoms with Crippen molar-refractivity contribution in [3.8, 4) is 5.75 Å². The van der Waals surface area contributed by atoms with Gasteiger partial charge >= 0.3 is 5.97 Å². The average molecular weight is 434 g/mol. The molecule has 0 unspecified atom stereocenters. The van der Waals surface area contributed by atoms with E-state index >= 15 is 0 Å². The molecule has 0 aromatic heterocycles. The molecule has 0 aliphatic heterocycles. The maximum absolute atomic E-state index is 14.2. The Morgan fingerprint density at radius 1 is 0.903 bits per heavy atom. The van der Waals surface area contributed by atoms with E-state index in [0.717, 1.165) is 21.7 Å². The van der Waals surface area contributed by atoms with Gasteiger partial charge in [-0.25, -0.2) is 4.79 Å². The van der Waals surface area contributed by atoms with Gasteiger partial charge in [0.05, 0.1) is 19.8 Å². The van der Waals surface area contributed by atoms with E-state index in [-0.39, 0.29) is 0 Å². The lowest BCUT2D eigenvalue weighted by Gasteiger charge is -2.19. The largest absolute Gasteiger partial charge is 0.496 e. The number of benzene rings is 3. The van der Waals surface area contributed by atoms with E-state index in [0.29, 0.717) is 23.0 Å². The van der Waals surface area contributed by atoms with Gasteiger partial charge in [-0.05, 0) is 42.7 Å². The molecule has 0 radical (unpaired) electrons. The summed E-state index contributed by atoms with van der Waals surface area (Å²) in [7, 11) is 0.0677. The highest BCUT2D eigenvalue weighted by molar-refractivity contribution is 7.78. The van der Waals surface area contributed by atoms with Gasteiger partial charge in [0.1, 0.15) is 12.9 Å². The molecule has 31 heavy (non-hydrogen) atoms. The predicted molar refractivity (Wildman–Crippen MR) is 127 cm³/mol. The highest BCUT2D eigenvalue weighted by Crippen LogP contribution is 2.44. The summed E-state index contributed by atoms with van der Waals surface area (Å²) in [4.78, 5) is 12.4. The van der Waals surface area contributed by atoms with Crippen LogP contribution < -0.4 is 15.3 Å². The molecule has 0 saturated carbocycles. The molecule has 0 aliphatic rings. The SMILES string of the molecule is COC(=O)c1cc(C)c(OC)cc1/C(C)=C/CP(=O)(c1ccccc1)c1ccccc1. The Balaban J connectivity index is 2.08. The third-order valence-electron chi connectivity index (χ3n) is 5.37. The number of carbonyl (C=O) groups excluding carboxylic acids is 1. The first-order valence-corrected chi connectivity index (χ1v) is 11.9. The van der Waals surface area contributed by atoms with Crippen molar-refractivity contribution in [3.63, 3.8) is 0 Å². The Bertz CT molecular complexity index is 1090. The third-order valence-corrected chi connectivity index (χ3v) is 8.33. The first-order chi connectivity index (χ1) is 14.9. The van der Waals surface area contributed by atoms with Crippen molar-refractivity contribution in [2.75, 3.05) is 20.4 Å². The van der Waals surface area contributed by atoms with Gasteiger partial charge < -0.3 is 14.0 Å². The molecular weight excluding hydrogens is 407 g/mol. The lowest BCUT2D eigenvalue weighted by molar-refractivity contribution is 0.0600. The molecule has 160 valence electrons. The summed E-state index contributed by atoms with van der Waals surface area (Å²) in [5.74, 6) is 0.271. The van der Waals surface area contributed by atoms with Crippen LogP contribution in [0.2, 0.25) is 0 Å². The minimum absolute atomic E-state index is 0.337. The van der Waals surface area contributed by atoms with Crippen LogP contribution >= 0.6 is 7.14 Å². The molecule has 5 heteroatoms. The molecule has 0 spiro atoms. The standard InChI is InChI=1S/C26H27O4P/c1-19(23-18-25(29-3)20(2)17-24(23)26(27)30-4)15-16-31(28,21-11-7-5-8-12-21)22-13-9-6-10-14-22/h5-15,17-18H,16H2,1-4H3/b19-15+. The zero-order chi connectivity index (χ0) is 22.4. The quantitative estimate of drug-likeness (QED) is 0.379. The van der Waals surface area contributed by atoms with E-state index < -0.39 is 13.1 Å². The summed E-state index contributed by atoms with van der Waals surface area (Å²) in [5.41, 5.74) is 2.86. The first kappa shape index (κ1) is 22.6. The minimum Gasteiger partial charge on any atom is -0.496 e. The first-order valence-electron chi connectivity index (χ1n) is 10.0. The molecule has 0 fully saturated rings. The molecule has 0 N–H and O–H groups in total. The van der Waals surface area contributed by atoms with Crippen molar-refractivity contribution in [2.24, 2.45) is 0 Å². The number of carbonyl (C=O) groups is 1. The van der Waals surface area contributed by atoms with Crippen LogP contribution in [0.1, 0.15) is 28.4 Å². The molecule has 3 rings (SSSR count). The summed E-state index contributed by atoms with van der Waals surface area (Å²) in [6.07, 6.45) is 2.28. The molecule has 0 aliphatic carbocycles. The van der Waals surface area contributed by atoms with Crippen molar-refractivity contribution in [3.05, 3.63) is 95.6 Å². The number of allylic oxidation sites excluding steroid dienone is 2. The van der Waals surface area contributed by atoms with Crippen LogP contribution in [0.3, 0.4) is 0 Å². The summed E-state index contributed by atoms with van der Waals surface area (Å²) in [6, 6.07) is 22.7. The van der Waals surface area contributed by atoms with Crippen LogP contribution in [-0.4, -0.2) is 26.4 Å². The Labute approximate surface area is 183 Å². The van der Waals surface area contributed by atoms with Crippen LogP contribution in [0.15, 0.2) is 78.9 Å². The fraction of sp³-hybridized carbons (Fsp3) is 0.192. The summed E-state index contributed by atoms with van der Waals surface area (Å²) >= 11 is 0. The number of hydrogen-bond donors (Lipinski definition) is 0. The monoisotopic (exact) mass is 434 g/mol. The maximum atomic E-state index is 14.2. The summed E-state index contributed by atoms with van der Waals surface area (Å²) < 4.78 is 24.7. The fourth-order valence-electron chi connectivity index (χ4n) is 3.59. The van der Waals surface area contributed by atoms with Gasteiger partial charge in [0.2, 0.25) is 0 Å². The van der Waals surface area contributed by atoms with E-state index in [9.17, 15) is 9.36 Å². The molecule has 0 atom stereocenters. The van der Waals surface area contributed by atoms with Crippen molar-refractivity contribution in [2.45, 2.75) is 13.8 Å². The second-order valence-corrected chi connectivity index (χ2v) is 10.2. The molecule has 0 amide bonds. The Morgan fingerprint density at radius 3 is 1.94 bits per heavy atom. The second-order valence-electron chi connectivity index (χ2n) is 7.34. The Morgan fingerprint density at radius 2 is 1.45 bits per heavy atom. The van der Waals surface area contributed by atoms with E-state index in [1.165, 1.54) is 7.11 Å². The molecule has 3 aromatic carbocycles. The van der Waals surface area contributed by atoms with Crippen molar-refractivity contribution < 1.29 is 18.8 Å². The van der Waals surface area contributed by atoms with Crippen molar-refractivity contribution in [1.29, 1.82) is 0 Å². The van der Waals surface area contributed by atoms with E-state index in [1.807, 2.05) is 86.7 Å². The highest BCUT2D eigenvalue weighted by atomic mass is 31.2. The van der Waals surface area contributed by atoms with Gasteiger partial charge in [0.15, 0.2) is 0 Å². The fourth-order valence-corrected chi connectivity index (χ4v) is 6.14. The zero-order valence-corrected chi connectivity index (χ0v) is 19.2. The molecule has 0 heterocycles. The molecule has 0 bridgehead atoms. The van der Waals surface area contributed by atoms with Crippen molar-refractivity contribution >= 4 is 29.3 Å². The van der Waals surface area contributed by atoms with Gasteiger partial charge in [-0.3, -0.25) is 0 Å². The normalized spacial score (nSPS) is 11.8. The van der Waals surface area contributed by atoms with Gasteiger partial charge in [-0.1, -0.05) is 66.7 Å². The number of rotatable bonds is 7. The van der Waals surface area contributed by atoms with Crippen LogP contribution in [0.5, 0.6) is 5.75 Å². The van der Waals surface area contributed by atoms with Crippen LogP contribution in [0.4, 0.5) is 0 Å². The molecule has 3 aromatic rings. The zero-order valence-electron chi connectivity index (χ0n) is 18.3. The van der Waals surface area contributed by atoms with Crippen LogP contribution in [-0.2, 0) is 9.30 Å². The van der Waals surface area contributed by atoms with Gasteiger partial charge in [-0.15, -0.1) is 0 Å². The van der Waals surface area contributed by atoms with E-state index in [4.69, 9.17) is 9.47 Å². The molecule has 0 saturated heterocycles. The lowest BCUT2D eigenvalue weighted by Crippen LogP contribution is -2.17. The van der Waals surface area contributed by atoms with E-state index in [2.05, 4.69) is 0 Å². The number of aryl methyl sites for hydroxylation is 1. The number of esters is 1. The van der Waals surface area contributed by atoms with Gasteiger partial charge in [-0.2, -0.15) is 0 Å². The number of ether oxygens (including phenoxy) is 2. The van der Waals surface area contributed by atoms with E-state index in [1.54, 1.807) is 13.2 Å². The minimum atomic E-state index is -2.90. The van der Waals surface area contributed by atoms with Gasteiger partial charge in [0.25, 0.3) is 0 Å². The second kappa shape index (κ2) is 9.80. The number of methoxy groups -OCH3 is 2. The topological polar surface area (TPSA) is 52.6 Å². The molecule has 4 nitrogen and oxygen atoms in total. The lowest BCUT2D eigenvalue weighted by atomic mass is 9.97. The van der Waals surface area contributed by atoms with Crippen LogP contribution in [0, 0.1) is 6.92 Å². The maximum Gasteiger partial charge on any atom is 0.338 e. The molecular formula is C26H27O4P. The Kier molecular flexibility index (Phi) is 7.14. The summed E-state index contributed by atoms with van der Waals surface area (Å²) in [6.45, 7) is 3.80. The van der Waals surface area contributed by atoms with Gasteiger partial charge in [0, 0.05) is 16.8 Å². The highest BCUT2D eigenvalue weighted by Gasteiger charge is 2.26. The Hall–Kier alpha value is -3.10. The predicted octanol–water partition coefficient (Wildman–Crippen LogP) is 5.21. The van der Waals surface area contributed by atoms with Crippen LogP contribution in [0.25, 0.3) is 5.57 Å². The third kappa shape index (κ3) is 4.81. The smallest absolute Gasteiger partial charge is 0.338 e. The van der Waals surface area contributed by atoms with Crippen molar-refractivity contribution in [1.82, 2.24) is 0 Å². The average Bonchev–Trinajstić information content (AvgIpc) is 2.82. The number of hydrogen-bond acceptors (Lipinski definition) is 4. The summed E-state index contributed by atoms with van der Waals surface area (Å²) in [5, 5.41) is 1.61.